The van der Waals surface area contributed by atoms with Crippen molar-refractivity contribution < 1.29 is 18.7 Å². The van der Waals surface area contributed by atoms with Gasteiger partial charge in [-0.2, -0.15) is 0 Å². The number of aromatic nitrogens is 1. The molecule has 1 aromatic heterocycles. The summed E-state index contributed by atoms with van der Waals surface area (Å²) < 4.78 is 19.5. The van der Waals surface area contributed by atoms with Gasteiger partial charge >= 0.3 is 0 Å². The zero-order chi connectivity index (χ0) is 20.0. The van der Waals surface area contributed by atoms with Crippen LogP contribution >= 0.6 is 0 Å². The Kier molecular flexibility index (Phi) is 4.35. The van der Waals surface area contributed by atoms with Gasteiger partial charge in [0.2, 0.25) is 0 Å². The summed E-state index contributed by atoms with van der Waals surface area (Å²) in [5, 5.41) is 0. The summed E-state index contributed by atoms with van der Waals surface area (Å²) in [5.74, 6) is -0.429. The van der Waals surface area contributed by atoms with Crippen molar-refractivity contribution in [3.05, 3.63) is 65.7 Å². The molecule has 7 heteroatoms. The first-order chi connectivity index (χ1) is 14.1. The standard InChI is InChI=1S/C22H22FN3O3/c23-16-6-7-17(24-14-16)18-8-9-19-26(18)21(28)22(29-19)10-12-25(13-11-22)20(27)15-4-2-1-3-5-15/h1-7,14,18-19H,8-13H2/t18-,19+/m0/s1. The molecule has 3 fully saturated rings. The number of carbonyl (C=O) groups is 2. The van der Waals surface area contributed by atoms with Gasteiger partial charge in [0.1, 0.15) is 12.0 Å². The van der Waals surface area contributed by atoms with Gasteiger partial charge in [-0.3, -0.25) is 14.6 Å². The van der Waals surface area contributed by atoms with E-state index in [2.05, 4.69) is 4.98 Å². The highest BCUT2D eigenvalue weighted by Crippen LogP contribution is 2.47. The van der Waals surface area contributed by atoms with Crippen LogP contribution in [-0.2, 0) is 9.53 Å². The molecule has 2 atom stereocenters. The fraction of sp³-hybridized carbons (Fsp3) is 0.409. The van der Waals surface area contributed by atoms with Gasteiger partial charge in [0.15, 0.2) is 5.60 Å². The summed E-state index contributed by atoms with van der Waals surface area (Å²) in [4.78, 5) is 33.8. The third-order valence-electron chi connectivity index (χ3n) is 6.29. The largest absolute Gasteiger partial charge is 0.342 e. The molecular weight excluding hydrogens is 373 g/mol. The molecule has 0 unspecified atom stereocenters. The van der Waals surface area contributed by atoms with Crippen LogP contribution in [0.5, 0.6) is 0 Å². The van der Waals surface area contributed by atoms with E-state index in [4.69, 9.17) is 4.74 Å². The van der Waals surface area contributed by atoms with E-state index >= 15 is 0 Å². The Hall–Kier alpha value is -2.80. The summed E-state index contributed by atoms with van der Waals surface area (Å²) >= 11 is 0. The second-order valence-corrected chi connectivity index (χ2v) is 7.93. The Morgan fingerprint density at radius 2 is 1.86 bits per heavy atom. The average Bonchev–Trinajstić information content (AvgIpc) is 3.28. The number of halogens is 1. The summed E-state index contributed by atoms with van der Waals surface area (Å²) in [6, 6.07) is 12.0. The number of piperidine rings is 1. The average molecular weight is 395 g/mol. The molecular formula is C22H22FN3O3. The van der Waals surface area contributed by atoms with Crippen LogP contribution in [0.25, 0.3) is 0 Å². The first kappa shape index (κ1) is 18.2. The number of hydrogen-bond donors (Lipinski definition) is 0. The number of likely N-dealkylation sites (tertiary alicyclic amines) is 1. The zero-order valence-corrected chi connectivity index (χ0v) is 16.0. The first-order valence-corrected chi connectivity index (χ1v) is 10.0. The number of hydrogen-bond acceptors (Lipinski definition) is 4. The molecule has 3 aliphatic rings. The lowest BCUT2D eigenvalue weighted by Crippen LogP contribution is -2.51. The molecule has 29 heavy (non-hydrogen) atoms. The maximum absolute atomic E-state index is 13.4. The minimum atomic E-state index is -0.864. The van der Waals surface area contributed by atoms with Crippen LogP contribution in [0.1, 0.15) is 47.8 Å². The second-order valence-electron chi connectivity index (χ2n) is 7.93. The van der Waals surface area contributed by atoms with Crippen LogP contribution in [0.4, 0.5) is 4.39 Å². The van der Waals surface area contributed by atoms with Gasteiger partial charge in [0.25, 0.3) is 11.8 Å². The number of benzene rings is 1. The van der Waals surface area contributed by atoms with E-state index in [1.54, 1.807) is 28.0 Å². The Bertz CT molecular complexity index is 926. The van der Waals surface area contributed by atoms with Gasteiger partial charge < -0.3 is 14.5 Å². The van der Waals surface area contributed by atoms with Crippen molar-refractivity contribution in [2.24, 2.45) is 0 Å². The topological polar surface area (TPSA) is 62.7 Å². The highest BCUT2D eigenvalue weighted by Gasteiger charge is 2.58. The van der Waals surface area contributed by atoms with Gasteiger partial charge in [-0.05, 0) is 37.1 Å². The van der Waals surface area contributed by atoms with Crippen molar-refractivity contribution in [3.63, 3.8) is 0 Å². The Labute approximate surface area is 168 Å². The van der Waals surface area contributed by atoms with Crippen molar-refractivity contribution in [1.29, 1.82) is 0 Å². The quantitative estimate of drug-likeness (QED) is 0.785. The van der Waals surface area contributed by atoms with E-state index in [1.807, 2.05) is 18.2 Å². The fourth-order valence-electron chi connectivity index (χ4n) is 4.75. The molecule has 0 N–H and O–H groups in total. The molecule has 2 aromatic rings. The van der Waals surface area contributed by atoms with Gasteiger partial charge in [0, 0.05) is 31.5 Å². The van der Waals surface area contributed by atoms with E-state index in [0.29, 0.717) is 37.2 Å². The Morgan fingerprint density at radius 1 is 1.10 bits per heavy atom. The van der Waals surface area contributed by atoms with Crippen LogP contribution in [0, 0.1) is 5.82 Å². The van der Waals surface area contributed by atoms with Crippen molar-refractivity contribution in [1.82, 2.24) is 14.8 Å². The molecule has 1 aromatic carbocycles. The van der Waals surface area contributed by atoms with Crippen LogP contribution in [0.15, 0.2) is 48.7 Å². The number of carbonyl (C=O) groups excluding carboxylic acids is 2. The van der Waals surface area contributed by atoms with Crippen molar-refractivity contribution in [3.8, 4) is 0 Å². The van der Waals surface area contributed by atoms with Crippen LogP contribution in [0.2, 0.25) is 0 Å². The summed E-state index contributed by atoms with van der Waals surface area (Å²) in [7, 11) is 0. The lowest BCUT2D eigenvalue weighted by atomic mass is 9.89. The molecule has 2 amide bonds. The smallest absolute Gasteiger partial charge is 0.257 e. The maximum Gasteiger partial charge on any atom is 0.257 e. The van der Waals surface area contributed by atoms with Crippen molar-refractivity contribution in [2.75, 3.05) is 13.1 Å². The Balaban J connectivity index is 1.30. The van der Waals surface area contributed by atoms with Gasteiger partial charge in [-0.15, -0.1) is 0 Å². The normalized spacial score (nSPS) is 25.5. The molecule has 5 rings (SSSR count). The van der Waals surface area contributed by atoms with E-state index in [9.17, 15) is 14.0 Å². The maximum atomic E-state index is 13.4. The van der Waals surface area contributed by atoms with E-state index in [-0.39, 0.29) is 29.9 Å². The number of nitrogens with zero attached hydrogens (tertiary/aromatic N) is 3. The number of ether oxygens (including phenoxy) is 1. The van der Waals surface area contributed by atoms with Gasteiger partial charge in [-0.1, -0.05) is 18.2 Å². The van der Waals surface area contributed by atoms with Crippen molar-refractivity contribution in [2.45, 2.75) is 43.6 Å². The molecule has 0 bridgehead atoms. The molecule has 1 spiro atoms. The SMILES string of the molecule is O=C(c1ccccc1)N1CCC2(CC1)O[C@@H]1CC[C@@H](c3ccc(F)cn3)N1C2=O. The minimum Gasteiger partial charge on any atom is -0.342 e. The van der Waals surface area contributed by atoms with Crippen molar-refractivity contribution >= 4 is 11.8 Å². The lowest BCUT2D eigenvalue weighted by molar-refractivity contribution is -0.142. The van der Waals surface area contributed by atoms with Gasteiger partial charge in [-0.25, -0.2) is 4.39 Å². The van der Waals surface area contributed by atoms with E-state index in [1.165, 1.54) is 12.3 Å². The number of rotatable bonds is 2. The third-order valence-corrected chi connectivity index (χ3v) is 6.29. The monoisotopic (exact) mass is 395 g/mol. The summed E-state index contributed by atoms with van der Waals surface area (Å²) in [6.07, 6.45) is 3.39. The summed E-state index contributed by atoms with van der Waals surface area (Å²) in [5.41, 5.74) is 0.487. The van der Waals surface area contributed by atoms with Crippen LogP contribution in [0.3, 0.4) is 0 Å². The zero-order valence-electron chi connectivity index (χ0n) is 16.0. The predicted octanol–water partition coefficient (Wildman–Crippen LogP) is 2.92. The lowest BCUT2D eigenvalue weighted by Gasteiger charge is -2.37. The molecule has 0 saturated carbocycles. The minimum absolute atomic E-state index is 0.0141. The summed E-state index contributed by atoms with van der Waals surface area (Å²) in [6.45, 7) is 0.971. The van der Waals surface area contributed by atoms with E-state index < -0.39 is 5.60 Å². The molecule has 3 saturated heterocycles. The first-order valence-electron chi connectivity index (χ1n) is 10.0. The second kappa shape index (κ2) is 6.91. The molecule has 6 nitrogen and oxygen atoms in total. The van der Waals surface area contributed by atoms with Crippen LogP contribution in [-0.4, -0.2) is 51.5 Å². The molecule has 4 heterocycles. The number of pyridine rings is 1. The Morgan fingerprint density at radius 3 is 2.55 bits per heavy atom. The fourth-order valence-corrected chi connectivity index (χ4v) is 4.75. The molecule has 0 radical (unpaired) electrons. The highest BCUT2D eigenvalue weighted by molar-refractivity contribution is 5.95. The molecule has 3 aliphatic heterocycles. The van der Waals surface area contributed by atoms with Gasteiger partial charge in [0.05, 0.1) is 17.9 Å². The molecule has 0 aliphatic carbocycles. The molecule has 150 valence electrons. The highest BCUT2D eigenvalue weighted by atomic mass is 19.1. The third kappa shape index (κ3) is 3.00. The number of fused-ring (bicyclic) bond motifs is 1. The number of amides is 2. The predicted molar refractivity (Wildman–Crippen MR) is 102 cm³/mol. The van der Waals surface area contributed by atoms with Crippen LogP contribution < -0.4 is 0 Å². The van der Waals surface area contributed by atoms with E-state index in [0.717, 1.165) is 12.8 Å².